The second kappa shape index (κ2) is 8.25. The van der Waals surface area contributed by atoms with Gasteiger partial charge in [-0.1, -0.05) is 18.2 Å². The minimum Gasteiger partial charge on any atom is -0.494 e. The van der Waals surface area contributed by atoms with Crippen LogP contribution in [0, 0.1) is 5.92 Å². The highest BCUT2D eigenvalue weighted by Crippen LogP contribution is 2.25. The summed E-state index contributed by atoms with van der Waals surface area (Å²) in [5.74, 6) is 1.48. The van der Waals surface area contributed by atoms with Gasteiger partial charge < -0.3 is 19.5 Å². The molecule has 0 saturated carbocycles. The molecule has 0 amide bonds. The smallest absolute Gasteiger partial charge is 0.124 e. The number of likely N-dealkylation sites (N-methyl/N-ethyl adjacent to an activating group) is 1. The molecule has 0 aliphatic carbocycles. The van der Waals surface area contributed by atoms with E-state index in [-0.39, 0.29) is 6.04 Å². The minimum atomic E-state index is 0.153. The van der Waals surface area contributed by atoms with Crippen LogP contribution in [-0.4, -0.2) is 40.1 Å². The summed E-state index contributed by atoms with van der Waals surface area (Å²) < 4.78 is 16.9. The fraction of sp³-hybridized carbons (Fsp3) is 0.625. The van der Waals surface area contributed by atoms with Crippen LogP contribution >= 0.6 is 0 Å². The molecule has 1 aliphatic heterocycles. The molecule has 1 heterocycles. The molecule has 1 N–H and O–H groups in total. The molecule has 1 aliphatic rings. The topological polar surface area (TPSA) is 39.7 Å². The lowest BCUT2D eigenvalue weighted by molar-refractivity contribution is 0.0752. The summed E-state index contributed by atoms with van der Waals surface area (Å²) in [4.78, 5) is 0. The highest BCUT2D eigenvalue weighted by Gasteiger charge is 2.18. The van der Waals surface area contributed by atoms with Crippen molar-refractivity contribution in [2.75, 3.05) is 40.1 Å². The van der Waals surface area contributed by atoms with E-state index in [4.69, 9.17) is 14.2 Å². The van der Waals surface area contributed by atoms with Crippen molar-refractivity contribution in [2.24, 2.45) is 5.92 Å². The quantitative estimate of drug-likeness (QED) is 0.793. The molecule has 1 fully saturated rings. The Balaban J connectivity index is 1.89. The second-order valence-corrected chi connectivity index (χ2v) is 5.08. The predicted molar refractivity (Wildman–Crippen MR) is 79.2 cm³/mol. The largest absolute Gasteiger partial charge is 0.494 e. The van der Waals surface area contributed by atoms with Crippen LogP contribution in [0.25, 0.3) is 0 Å². The standard InChI is InChI=1S/C16H25NO3/c1-3-20-16-7-5-4-6-14(16)15(17-2)12-19-11-13-8-9-18-10-13/h4-7,13,15,17H,3,8-12H2,1-2H3. The number of benzene rings is 1. The first kappa shape index (κ1) is 15.3. The monoisotopic (exact) mass is 279 g/mol. The third kappa shape index (κ3) is 4.20. The number of hydrogen-bond acceptors (Lipinski definition) is 4. The molecule has 2 rings (SSSR count). The van der Waals surface area contributed by atoms with Crippen molar-refractivity contribution in [3.05, 3.63) is 29.8 Å². The van der Waals surface area contributed by atoms with Crippen molar-refractivity contribution >= 4 is 0 Å². The molecule has 0 aromatic heterocycles. The first-order chi connectivity index (χ1) is 9.85. The van der Waals surface area contributed by atoms with E-state index in [1.54, 1.807) is 0 Å². The zero-order valence-corrected chi connectivity index (χ0v) is 12.4. The van der Waals surface area contributed by atoms with Crippen LogP contribution in [-0.2, 0) is 9.47 Å². The van der Waals surface area contributed by atoms with Gasteiger partial charge in [0.05, 0.1) is 32.5 Å². The number of para-hydroxylation sites is 1. The van der Waals surface area contributed by atoms with Crippen molar-refractivity contribution in [3.63, 3.8) is 0 Å². The fourth-order valence-electron chi connectivity index (χ4n) is 2.45. The Morgan fingerprint density at radius 1 is 1.40 bits per heavy atom. The molecule has 4 nitrogen and oxygen atoms in total. The van der Waals surface area contributed by atoms with Crippen molar-refractivity contribution in [1.82, 2.24) is 5.32 Å². The molecule has 0 bridgehead atoms. The Bertz CT molecular complexity index is 391. The van der Waals surface area contributed by atoms with E-state index in [1.165, 1.54) is 0 Å². The third-order valence-corrected chi connectivity index (χ3v) is 3.60. The van der Waals surface area contributed by atoms with Crippen molar-refractivity contribution < 1.29 is 14.2 Å². The summed E-state index contributed by atoms with van der Waals surface area (Å²) in [6.07, 6.45) is 1.11. The molecule has 2 atom stereocenters. The summed E-state index contributed by atoms with van der Waals surface area (Å²) in [7, 11) is 1.95. The summed E-state index contributed by atoms with van der Waals surface area (Å²) in [5, 5.41) is 3.31. The zero-order chi connectivity index (χ0) is 14.2. The average Bonchev–Trinajstić information content (AvgIpc) is 2.98. The van der Waals surface area contributed by atoms with Crippen molar-refractivity contribution in [2.45, 2.75) is 19.4 Å². The number of nitrogens with one attached hydrogen (secondary N) is 1. The normalized spacial score (nSPS) is 20.0. The Labute approximate surface area is 121 Å². The van der Waals surface area contributed by atoms with Crippen LogP contribution in [0.1, 0.15) is 24.9 Å². The van der Waals surface area contributed by atoms with Gasteiger partial charge in [0.15, 0.2) is 0 Å². The van der Waals surface area contributed by atoms with Crippen LogP contribution in [0.4, 0.5) is 0 Å². The lowest BCUT2D eigenvalue weighted by Gasteiger charge is -2.20. The maximum absolute atomic E-state index is 5.86. The van der Waals surface area contributed by atoms with Crippen LogP contribution < -0.4 is 10.1 Å². The molecule has 0 spiro atoms. The Morgan fingerprint density at radius 3 is 2.95 bits per heavy atom. The van der Waals surface area contributed by atoms with E-state index in [0.717, 1.165) is 37.6 Å². The molecule has 1 saturated heterocycles. The van der Waals surface area contributed by atoms with Gasteiger partial charge in [0, 0.05) is 18.1 Å². The van der Waals surface area contributed by atoms with Gasteiger partial charge in [0.2, 0.25) is 0 Å². The lowest BCUT2D eigenvalue weighted by Crippen LogP contribution is -2.24. The number of rotatable bonds is 8. The van der Waals surface area contributed by atoms with Gasteiger partial charge >= 0.3 is 0 Å². The zero-order valence-electron chi connectivity index (χ0n) is 12.4. The van der Waals surface area contributed by atoms with E-state index in [9.17, 15) is 0 Å². The molecule has 4 heteroatoms. The van der Waals surface area contributed by atoms with E-state index in [1.807, 2.05) is 32.2 Å². The van der Waals surface area contributed by atoms with Gasteiger partial charge in [-0.2, -0.15) is 0 Å². The molecule has 20 heavy (non-hydrogen) atoms. The highest BCUT2D eigenvalue weighted by molar-refractivity contribution is 5.36. The highest BCUT2D eigenvalue weighted by atomic mass is 16.5. The Morgan fingerprint density at radius 2 is 2.25 bits per heavy atom. The van der Waals surface area contributed by atoms with Gasteiger partial charge in [-0.15, -0.1) is 0 Å². The van der Waals surface area contributed by atoms with Crippen molar-refractivity contribution in [3.8, 4) is 5.75 Å². The maximum Gasteiger partial charge on any atom is 0.124 e. The van der Waals surface area contributed by atoms with Gasteiger partial charge in [-0.25, -0.2) is 0 Å². The molecule has 2 unspecified atom stereocenters. The Kier molecular flexibility index (Phi) is 6.30. The van der Waals surface area contributed by atoms with E-state index >= 15 is 0 Å². The minimum absolute atomic E-state index is 0.153. The lowest BCUT2D eigenvalue weighted by atomic mass is 10.1. The molecule has 1 aromatic carbocycles. The number of hydrogen-bond donors (Lipinski definition) is 1. The van der Waals surface area contributed by atoms with Gasteiger partial charge in [-0.3, -0.25) is 0 Å². The summed E-state index contributed by atoms with van der Waals surface area (Å²) in [5.41, 5.74) is 1.15. The number of ether oxygens (including phenoxy) is 3. The fourth-order valence-corrected chi connectivity index (χ4v) is 2.45. The third-order valence-electron chi connectivity index (χ3n) is 3.60. The molecule has 112 valence electrons. The van der Waals surface area contributed by atoms with Gasteiger partial charge in [-0.05, 0) is 26.5 Å². The summed E-state index contributed by atoms with van der Waals surface area (Å²) in [6.45, 7) is 5.80. The van der Waals surface area contributed by atoms with Crippen LogP contribution in [0.2, 0.25) is 0 Å². The van der Waals surface area contributed by atoms with E-state index in [0.29, 0.717) is 19.1 Å². The molecule has 0 radical (unpaired) electrons. The molecule has 1 aromatic rings. The van der Waals surface area contributed by atoms with Crippen molar-refractivity contribution in [1.29, 1.82) is 0 Å². The first-order valence-corrected chi connectivity index (χ1v) is 7.39. The van der Waals surface area contributed by atoms with E-state index in [2.05, 4.69) is 11.4 Å². The second-order valence-electron chi connectivity index (χ2n) is 5.08. The summed E-state index contributed by atoms with van der Waals surface area (Å²) in [6, 6.07) is 8.28. The average molecular weight is 279 g/mol. The SMILES string of the molecule is CCOc1ccccc1C(COCC1CCOC1)NC. The van der Waals surface area contributed by atoms with Gasteiger partial charge in [0.1, 0.15) is 5.75 Å². The van der Waals surface area contributed by atoms with Crippen LogP contribution in [0.15, 0.2) is 24.3 Å². The summed E-state index contributed by atoms with van der Waals surface area (Å²) >= 11 is 0. The first-order valence-electron chi connectivity index (χ1n) is 7.39. The van der Waals surface area contributed by atoms with E-state index < -0.39 is 0 Å². The molecular formula is C16H25NO3. The van der Waals surface area contributed by atoms with Crippen LogP contribution in [0.3, 0.4) is 0 Å². The van der Waals surface area contributed by atoms with Gasteiger partial charge in [0.25, 0.3) is 0 Å². The maximum atomic E-state index is 5.86. The Hall–Kier alpha value is -1.10. The predicted octanol–water partition coefficient (Wildman–Crippen LogP) is 2.40. The van der Waals surface area contributed by atoms with Crippen LogP contribution in [0.5, 0.6) is 5.75 Å². The molecular weight excluding hydrogens is 254 g/mol.